The van der Waals surface area contributed by atoms with E-state index in [1.807, 2.05) is 12.1 Å². The van der Waals surface area contributed by atoms with Crippen LogP contribution in [0.15, 0.2) is 36.4 Å². The Balaban J connectivity index is 1.52. The number of benzene rings is 2. The minimum Gasteiger partial charge on any atom is -0.491 e. The molecule has 0 bridgehead atoms. The van der Waals surface area contributed by atoms with Gasteiger partial charge in [0.2, 0.25) is 5.82 Å². The van der Waals surface area contributed by atoms with Crippen molar-refractivity contribution in [2.24, 2.45) is 5.92 Å². The fourth-order valence-corrected chi connectivity index (χ4v) is 4.69. The molecule has 1 nitrogen and oxygen atoms in total. The van der Waals surface area contributed by atoms with Crippen LogP contribution in [-0.4, -0.2) is 6.61 Å². The Morgan fingerprint density at radius 1 is 0.812 bits per heavy atom. The van der Waals surface area contributed by atoms with E-state index in [1.165, 1.54) is 81.9 Å². The maximum Gasteiger partial charge on any atom is 0.201 e. The largest absolute Gasteiger partial charge is 0.491 e. The summed E-state index contributed by atoms with van der Waals surface area (Å²) in [7, 11) is 0. The van der Waals surface area contributed by atoms with Crippen molar-refractivity contribution in [3.8, 4) is 17.6 Å². The Kier molecular flexibility index (Phi) is 9.60. The monoisotopic (exact) mass is 438 g/mol. The van der Waals surface area contributed by atoms with Gasteiger partial charge in [0.25, 0.3) is 0 Å². The van der Waals surface area contributed by atoms with E-state index in [4.69, 9.17) is 4.74 Å². The molecule has 172 valence electrons. The molecular formula is C29H36F2O. The zero-order valence-corrected chi connectivity index (χ0v) is 19.6. The normalized spacial score (nSPS) is 18.1. The fourth-order valence-electron chi connectivity index (χ4n) is 4.69. The van der Waals surface area contributed by atoms with Gasteiger partial charge in [-0.15, -0.1) is 0 Å². The summed E-state index contributed by atoms with van der Waals surface area (Å²) in [4.78, 5) is 0. The second kappa shape index (κ2) is 12.6. The highest BCUT2D eigenvalue weighted by molar-refractivity contribution is 5.46. The summed E-state index contributed by atoms with van der Waals surface area (Å²) in [6, 6.07) is 11.2. The van der Waals surface area contributed by atoms with Crippen LogP contribution >= 0.6 is 0 Å². The lowest BCUT2D eigenvalue weighted by Gasteiger charge is -2.29. The maximum atomic E-state index is 14.2. The van der Waals surface area contributed by atoms with Gasteiger partial charge in [0.15, 0.2) is 11.6 Å². The van der Waals surface area contributed by atoms with Crippen molar-refractivity contribution in [3.63, 3.8) is 0 Å². The average Bonchev–Trinajstić information content (AvgIpc) is 2.82. The lowest BCUT2D eigenvalue weighted by molar-refractivity contribution is 0.302. The molecule has 0 saturated heterocycles. The molecule has 1 saturated carbocycles. The lowest BCUT2D eigenvalue weighted by Crippen LogP contribution is -2.13. The van der Waals surface area contributed by atoms with Crippen molar-refractivity contribution in [1.82, 2.24) is 0 Å². The molecule has 1 aliphatic rings. The van der Waals surface area contributed by atoms with Crippen molar-refractivity contribution in [3.05, 3.63) is 64.7 Å². The molecule has 2 aromatic carbocycles. The van der Waals surface area contributed by atoms with Crippen LogP contribution in [0.4, 0.5) is 8.78 Å². The van der Waals surface area contributed by atoms with E-state index in [0.717, 1.165) is 11.5 Å². The smallest absolute Gasteiger partial charge is 0.201 e. The number of hydrogen-bond acceptors (Lipinski definition) is 1. The van der Waals surface area contributed by atoms with Crippen LogP contribution in [0.2, 0.25) is 0 Å². The molecular weight excluding hydrogens is 402 g/mol. The van der Waals surface area contributed by atoms with E-state index in [2.05, 4.69) is 30.9 Å². The van der Waals surface area contributed by atoms with Crippen LogP contribution < -0.4 is 4.74 Å². The summed E-state index contributed by atoms with van der Waals surface area (Å²) in [5.41, 5.74) is 2.22. The minimum absolute atomic E-state index is 0.0445. The third-order valence-electron chi connectivity index (χ3n) is 6.63. The van der Waals surface area contributed by atoms with Crippen molar-refractivity contribution in [2.45, 2.75) is 84.0 Å². The van der Waals surface area contributed by atoms with Crippen molar-refractivity contribution in [1.29, 1.82) is 0 Å². The van der Waals surface area contributed by atoms with Gasteiger partial charge in [0.05, 0.1) is 12.2 Å². The van der Waals surface area contributed by atoms with Gasteiger partial charge in [-0.25, -0.2) is 4.39 Å². The lowest BCUT2D eigenvalue weighted by atomic mass is 9.77. The van der Waals surface area contributed by atoms with Gasteiger partial charge in [0.1, 0.15) is 0 Å². The summed E-state index contributed by atoms with van der Waals surface area (Å²) < 4.78 is 33.3. The van der Waals surface area contributed by atoms with Crippen molar-refractivity contribution >= 4 is 0 Å². The van der Waals surface area contributed by atoms with Gasteiger partial charge in [-0.2, -0.15) is 4.39 Å². The topological polar surface area (TPSA) is 9.23 Å². The molecule has 0 spiro atoms. The van der Waals surface area contributed by atoms with E-state index in [-0.39, 0.29) is 17.9 Å². The summed E-state index contributed by atoms with van der Waals surface area (Å²) in [5, 5.41) is 0. The summed E-state index contributed by atoms with van der Waals surface area (Å²) >= 11 is 0. The van der Waals surface area contributed by atoms with E-state index in [0.29, 0.717) is 5.92 Å². The predicted octanol–water partition coefficient (Wildman–Crippen LogP) is 8.40. The molecule has 1 aliphatic carbocycles. The molecule has 3 heteroatoms. The Hall–Kier alpha value is -2.34. The molecule has 0 atom stereocenters. The first-order valence-corrected chi connectivity index (χ1v) is 12.3. The van der Waals surface area contributed by atoms with Crippen LogP contribution in [0, 0.1) is 29.4 Å². The molecule has 0 aromatic heterocycles. The number of halogens is 2. The molecule has 3 rings (SSSR count). The second-order valence-electron chi connectivity index (χ2n) is 8.96. The van der Waals surface area contributed by atoms with Crippen LogP contribution in [-0.2, 0) is 0 Å². The molecule has 0 aliphatic heterocycles. The predicted molar refractivity (Wildman–Crippen MR) is 128 cm³/mol. The van der Waals surface area contributed by atoms with Gasteiger partial charge in [0, 0.05) is 5.56 Å². The first-order valence-electron chi connectivity index (χ1n) is 12.3. The highest BCUT2D eigenvalue weighted by Gasteiger charge is 2.22. The minimum atomic E-state index is -0.981. The van der Waals surface area contributed by atoms with Crippen LogP contribution in [0.5, 0.6) is 5.75 Å². The molecule has 0 unspecified atom stereocenters. The SMILES string of the molecule is CCCCCCCC1CCC(c2ccc(C#Cc3ccc(OCC)c(F)c3F)cc2)CC1. The third-order valence-corrected chi connectivity index (χ3v) is 6.63. The first-order chi connectivity index (χ1) is 15.6. The summed E-state index contributed by atoms with van der Waals surface area (Å²) in [6.07, 6.45) is 13.5. The van der Waals surface area contributed by atoms with Gasteiger partial charge in [-0.1, -0.05) is 69.4 Å². The van der Waals surface area contributed by atoms with Gasteiger partial charge in [-0.05, 0) is 74.3 Å². The zero-order chi connectivity index (χ0) is 22.8. The molecule has 0 heterocycles. The quantitative estimate of drug-likeness (QED) is 0.282. The summed E-state index contributed by atoms with van der Waals surface area (Å²) in [5.74, 6) is 5.23. The highest BCUT2D eigenvalue weighted by Crippen LogP contribution is 2.37. The standard InChI is InChI=1S/C29H36F2O/c1-3-5-6-7-8-9-22-10-15-24(16-11-22)25-17-12-23(13-18-25)14-19-26-20-21-27(32-4-2)29(31)28(26)30/h12-13,17-18,20-22,24H,3-11,15-16H2,1-2H3. The summed E-state index contributed by atoms with van der Waals surface area (Å²) in [6.45, 7) is 4.29. The fraction of sp³-hybridized carbons (Fsp3) is 0.517. The molecule has 32 heavy (non-hydrogen) atoms. The highest BCUT2D eigenvalue weighted by atomic mass is 19.2. The third kappa shape index (κ3) is 6.83. The number of rotatable bonds is 9. The van der Waals surface area contributed by atoms with Gasteiger partial charge >= 0.3 is 0 Å². The van der Waals surface area contributed by atoms with Crippen molar-refractivity contribution < 1.29 is 13.5 Å². The Morgan fingerprint density at radius 2 is 1.53 bits per heavy atom. The second-order valence-corrected chi connectivity index (χ2v) is 8.96. The molecule has 1 fully saturated rings. The van der Waals surface area contributed by atoms with Crippen LogP contribution in [0.3, 0.4) is 0 Å². The van der Waals surface area contributed by atoms with Crippen molar-refractivity contribution in [2.75, 3.05) is 6.61 Å². The molecule has 0 N–H and O–H groups in total. The maximum absolute atomic E-state index is 14.2. The zero-order valence-electron chi connectivity index (χ0n) is 19.6. The molecule has 0 amide bonds. The van der Waals surface area contributed by atoms with Crippen LogP contribution in [0.1, 0.15) is 101 Å². The molecule has 0 radical (unpaired) electrons. The Bertz CT molecular complexity index is 899. The Morgan fingerprint density at radius 3 is 2.22 bits per heavy atom. The molecule has 2 aromatic rings. The van der Waals surface area contributed by atoms with Gasteiger partial charge < -0.3 is 4.74 Å². The number of ether oxygens (including phenoxy) is 1. The van der Waals surface area contributed by atoms with E-state index >= 15 is 0 Å². The number of hydrogen-bond donors (Lipinski definition) is 0. The average molecular weight is 439 g/mol. The van der Waals surface area contributed by atoms with E-state index < -0.39 is 11.6 Å². The van der Waals surface area contributed by atoms with Crippen LogP contribution in [0.25, 0.3) is 0 Å². The van der Waals surface area contributed by atoms with E-state index in [1.54, 1.807) is 6.92 Å². The van der Waals surface area contributed by atoms with Gasteiger partial charge in [-0.3, -0.25) is 0 Å². The first kappa shape index (κ1) is 24.3. The van der Waals surface area contributed by atoms with E-state index in [9.17, 15) is 8.78 Å². The number of unbranched alkanes of at least 4 members (excludes halogenated alkanes) is 4. The Labute approximate surface area is 192 Å².